The van der Waals surface area contributed by atoms with Gasteiger partial charge in [0.25, 0.3) is 0 Å². The average molecular weight is 282 g/mol. The predicted octanol–water partition coefficient (Wildman–Crippen LogP) is 2.51. The summed E-state index contributed by atoms with van der Waals surface area (Å²) in [5.74, 6) is 0.163. The summed E-state index contributed by atoms with van der Waals surface area (Å²) >= 11 is 0. The molecule has 0 spiro atoms. The molecule has 2 aliphatic carbocycles. The van der Waals surface area contributed by atoms with Crippen LogP contribution < -0.4 is 10.6 Å². The van der Waals surface area contributed by atoms with E-state index in [1.165, 1.54) is 0 Å². The van der Waals surface area contributed by atoms with Crippen LogP contribution in [0.3, 0.4) is 0 Å². The number of rotatable bonds is 3. The molecule has 0 aromatic carbocycles. The monoisotopic (exact) mass is 282 g/mol. The Balaban J connectivity index is 1.94. The van der Waals surface area contributed by atoms with E-state index in [2.05, 4.69) is 24.5 Å². The van der Waals surface area contributed by atoms with Crippen LogP contribution in [0.5, 0.6) is 0 Å². The van der Waals surface area contributed by atoms with Gasteiger partial charge < -0.3 is 15.7 Å². The Morgan fingerprint density at radius 2 is 1.75 bits per heavy atom. The van der Waals surface area contributed by atoms with Gasteiger partial charge in [0, 0.05) is 6.04 Å². The van der Waals surface area contributed by atoms with E-state index in [0.29, 0.717) is 24.7 Å². The van der Waals surface area contributed by atoms with Crippen molar-refractivity contribution in [1.29, 1.82) is 0 Å². The lowest BCUT2D eigenvalue weighted by Crippen LogP contribution is -2.59. The van der Waals surface area contributed by atoms with Crippen molar-refractivity contribution < 1.29 is 14.7 Å². The van der Waals surface area contributed by atoms with Crippen molar-refractivity contribution in [3.63, 3.8) is 0 Å². The molecule has 3 unspecified atom stereocenters. The van der Waals surface area contributed by atoms with Crippen LogP contribution in [-0.2, 0) is 4.79 Å². The van der Waals surface area contributed by atoms with E-state index in [-0.39, 0.29) is 12.1 Å². The van der Waals surface area contributed by atoms with Gasteiger partial charge in [-0.1, -0.05) is 33.1 Å². The summed E-state index contributed by atoms with van der Waals surface area (Å²) in [6.07, 6.45) is 5.95. The van der Waals surface area contributed by atoms with Crippen molar-refractivity contribution in [3.05, 3.63) is 0 Å². The molecule has 0 heterocycles. The second-order valence-electron chi connectivity index (χ2n) is 6.57. The Kier molecular flexibility index (Phi) is 4.55. The molecule has 2 amide bonds. The van der Waals surface area contributed by atoms with Crippen LogP contribution in [-0.4, -0.2) is 28.7 Å². The molecular formula is C15H26N2O3. The van der Waals surface area contributed by atoms with E-state index in [0.717, 1.165) is 32.1 Å². The first kappa shape index (κ1) is 15.1. The SMILES string of the molecule is CC1CCC(NC(=O)NC2(C(=O)O)CCCCC2)C1C. The first-order chi connectivity index (χ1) is 9.44. The number of carbonyl (C=O) groups is 2. The van der Waals surface area contributed by atoms with Crippen LogP contribution in [0.4, 0.5) is 4.79 Å². The third-order valence-electron chi connectivity index (χ3n) is 5.25. The molecule has 0 radical (unpaired) electrons. The molecule has 0 aromatic rings. The molecule has 0 aliphatic heterocycles. The van der Waals surface area contributed by atoms with E-state index in [1.807, 2.05) is 0 Å². The maximum atomic E-state index is 12.1. The topological polar surface area (TPSA) is 78.4 Å². The number of hydrogen-bond donors (Lipinski definition) is 3. The fraction of sp³-hybridized carbons (Fsp3) is 0.867. The Bertz CT molecular complexity index is 377. The number of urea groups is 1. The molecule has 114 valence electrons. The number of hydrogen-bond acceptors (Lipinski definition) is 2. The van der Waals surface area contributed by atoms with Crippen LogP contribution in [0, 0.1) is 11.8 Å². The molecule has 3 N–H and O–H groups in total. The number of nitrogens with one attached hydrogen (secondary N) is 2. The molecule has 3 atom stereocenters. The van der Waals surface area contributed by atoms with Crippen LogP contribution in [0.2, 0.25) is 0 Å². The Morgan fingerprint density at radius 3 is 2.25 bits per heavy atom. The third-order valence-corrected chi connectivity index (χ3v) is 5.25. The normalized spacial score (nSPS) is 32.6. The highest BCUT2D eigenvalue weighted by Crippen LogP contribution is 2.32. The molecule has 0 aromatic heterocycles. The summed E-state index contributed by atoms with van der Waals surface area (Å²) in [5, 5.41) is 15.2. The van der Waals surface area contributed by atoms with Crippen LogP contribution in [0.1, 0.15) is 58.8 Å². The van der Waals surface area contributed by atoms with Gasteiger partial charge in [0.05, 0.1) is 0 Å². The molecule has 2 rings (SSSR count). The van der Waals surface area contributed by atoms with E-state index in [1.54, 1.807) is 0 Å². The van der Waals surface area contributed by atoms with Crippen LogP contribution >= 0.6 is 0 Å². The van der Waals surface area contributed by atoms with Crippen molar-refractivity contribution in [2.75, 3.05) is 0 Å². The molecule has 5 heteroatoms. The summed E-state index contributed by atoms with van der Waals surface area (Å²) in [5.41, 5.74) is -1.06. The zero-order chi connectivity index (χ0) is 14.8. The van der Waals surface area contributed by atoms with Crippen molar-refractivity contribution in [2.45, 2.75) is 70.4 Å². The van der Waals surface area contributed by atoms with Gasteiger partial charge in [0.2, 0.25) is 0 Å². The van der Waals surface area contributed by atoms with Gasteiger partial charge in [-0.2, -0.15) is 0 Å². The lowest BCUT2D eigenvalue weighted by atomic mass is 9.82. The number of amides is 2. The summed E-state index contributed by atoms with van der Waals surface area (Å²) in [7, 11) is 0. The van der Waals surface area contributed by atoms with Crippen LogP contribution in [0.15, 0.2) is 0 Å². The molecule has 20 heavy (non-hydrogen) atoms. The van der Waals surface area contributed by atoms with E-state index in [9.17, 15) is 14.7 Å². The number of carboxylic acids is 1. The van der Waals surface area contributed by atoms with Gasteiger partial charge in [-0.3, -0.25) is 0 Å². The maximum absolute atomic E-state index is 12.1. The van der Waals surface area contributed by atoms with Crippen molar-refractivity contribution in [2.24, 2.45) is 11.8 Å². The smallest absolute Gasteiger partial charge is 0.329 e. The van der Waals surface area contributed by atoms with Gasteiger partial charge in [0.1, 0.15) is 5.54 Å². The maximum Gasteiger partial charge on any atom is 0.329 e. The van der Waals surface area contributed by atoms with Crippen molar-refractivity contribution >= 4 is 12.0 Å². The summed E-state index contributed by atoms with van der Waals surface area (Å²) in [6.45, 7) is 4.35. The average Bonchev–Trinajstić information content (AvgIpc) is 2.71. The van der Waals surface area contributed by atoms with Gasteiger partial charge >= 0.3 is 12.0 Å². The van der Waals surface area contributed by atoms with E-state index < -0.39 is 11.5 Å². The third kappa shape index (κ3) is 3.07. The lowest BCUT2D eigenvalue weighted by Gasteiger charge is -2.34. The predicted molar refractivity (Wildman–Crippen MR) is 76.5 cm³/mol. The number of aliphatic carboxylic acids is 1. The highest BCUT2D eigenvalue weighted by atomic mass is 16.4. The molecule has 0 bridgehead atoms. The highest BCUT2D eigenvalue weighted by Gasteiger charge is 2.41. The second kappa shape index (κ2) is 6.02. The van der Waals surface area contributed by atoms with Gasteiger partial charge in [0.15, 0.2) is 0 Å². The first-order valence-corrected chi connectivity index (χ1v) is 7.77. The molecule has 2 saturated carbocycles. The van der Waals surface area contributed by atoms with E-state index >= 15 is 0 Å². The Hall–Kier alpha value is -1.26. The fourth-order valence-corrected chi connectivity index (χ4v) is 3.54. The van der Waals surface area contributed by atoms with Gasteiger partial charge in [-0.15, -0.1) is 0 Å². The van der Waals surface area contributed by atoms with Crippen molar-refractivity contribution in [1.82, 2.24) is 10.6 Å². The minimum absolute atomic E-state index is 0.166. The first-order valence-electron chi connectivity index (χ1n) is 7.77. The van der Waals surface area contributed by atoms with Crippen molar-refractivity contribution in [3.8, 4) is 0 Å². The summed E-state index contributed by atoms with van der Waals surface area (Å²) < 4.78 is 0. The largest absolute Gasteiger partial charge is 0.480 e. The quantitative estimate of drug-likeness (QED) is 0.744. The van der Waals surface area contributed by atoms with E-state index in [4.69, 9.17) is 0 Å². The summed E-state index contributed by atoms with van der Waals surface area (Å²) in [4.78, 5) is 23.7. The van der Waals surface area contributed by atoms with Gasteiger partial charge in [-0.25, -0.2) is 9.59 Å². The molecule has 2 aliphatic rings. The fourth-order valence-electron chi connectivity index (χ4n) is 3.54. The van der Waals surface area contributed by atoms with Crippen LogP contribution in [0.25, 0.3) is 0 Å². The zero-order valence-corrected chi connectivity index (χ0v) is 12.4. The standard InChI is InChI=1S/C15H26N2O3/c1-10-6-7-12(11(10)2)16-14(20)17-15(13(18)19)8-4-3-5-9-15/h10-12H,3-9H2,1-2H3,(H,18,19)(H2,16,17,20). The zero-order valence-electron chi connectivity index (χ0n) is 12.4. The number of carboxylic acid groups (broad SMARTS) is 1. The Labute approximate surface area is 120 Å². The minimum atomic E-state index is -1.06. The summed E-state index contributed by atoms with van der Waals surface area (Å²) in [6, 6.07) is -0.153. The molecular weight excluding hydrogens is 256 g/mol. The lowest BCUT2D eigenvalue weighted by molar-refractivity contribution is -0.145. The van der Waals surface area contributed by atoms with Gasteiger partial charge in [-0.05, 0) is 37.5 Å². The molecule has 5 nitrogen and oxygen atoms in total. The Morgan fingerprint density at radius 1 is 1.10 bits per heavy atom. The molecule has 0 saturated heterocycles. The number of carbonyl (C=O) groups excluding carboxylic acids is 1. The minimum Gasteiger partial charge on any atom is -0.480 e. The second-order valence-corrected chi connectivity index (χ2v) is 6.57. The highest BCUT2D eigenvalue weighted by molar-refractivity contribution is 5.86. The molecule has 2 fully saturated rings.